The van der Waals surface area contributed by atoms with Crippen molar-refractivity contribution >= 4 is 11.9 Å². The summed E-state index contributed by atoms with van der Waals surface area (Å²) in [4.78, 5) is 13.0. The summed E-state index contributed by atoms with van der Waals surface area (Å²) < 4.78 is 16.2. The second-order valence-electron chi connectivity index (χ2n) is 5.77. The number of methoxy groups -OCH3 is 1. The van der Waals surface area contributed by atoms with Crippen LogP contribution in [0.25, 0.3) is 0 Å². The fourth-order valence-electron chi connectivity index (χ4n) is 2.38. The fraction of sp³-hybridized carbons (Fsp3) is 0.316. The molecule has 3 aromatic rings. The molecule has 0 aliphatic carbocycles. The molecule has 0 saturated carbocycles. The Morgan fingerprint density at radius 2 is 1.63 bits per heavy atom. The molecule has 0 aliphatic heterocycles. The second-order valence-corrected chi connectivity index (χ2v) is 5.77. The van der Waals surface area contributed by atoms with Gasteiger partial charge in [0.1, 0.15) is 17.3 Å². The largest absolute Gasteiger partial charge is 0.497 e. The molecule has 0 amide bonds. The Kier molecular flexibility index (Phi) is 6.09. The molecule has 0 atom stereocenters. The normalized spacial score (nSPS) is 10.5. The van der Waals surface area contributed by atoms with E-state index >= 15 is 0 Å². The minimum absolute atomic E-state index is 0.267. The Bertz CT molecular complexity index is 864. The third-order valence-electron chi connectivity index (χ3n) is 3.71. The zero-order chi connectivity index (χ0) is 19.1. The van der Waals surface area contributed by atoms with E-state index in [-0.39, 0.29) is 6.01 Å². The van der Waals surface area contributed by atoms with Crippen LogP contribution in [0.2, 0.25) is 0 Å². The molecule has 0 saturated heterocycles. The minimum Gasteiger partial charge on any atom is -0.497 e. The zero-order valence-electron chi connectivity index (χ0n) is 15.7. The van der Waals surface area contributed by atoms with Gasteiger partial charge in [-0.05, 0) is 43.7 Å². The van der Waals surface area contributed by atoms with E-state index in [1.54, 1.807) is 7.11 Å². The monoisotopic (exact) mass is 369 g/mol. The molecule has 1 aromatic carbocycles. The highest BCUT2D eigenvalue weighted by atomic mass is 16.5. The number of aryl methyl sites for hydroxylation is 1. The van der Waals surface area contributed by atoms with Gasteiger partial charge in [-0.2, -0.15) is 15.0 Å². The Labute approximate surface area is 158 Å². The van der Waals surface area contributed by atoms with E-state index < -0.39 is 0 Å². The molecule has 0 spiro atoms. The summed E-state index contributed by atoms with van der Waals surface area (Å²) in [5.74, 6) is 3.33. The van der Waals surface area contributed by atoms with E-state index in [2.05, 4.69) is 25.6 Å². The summed E-state index contributed by atoms with van der Waals surface area (Å²) in [5.41, 5.74) is 1.08. The number of ether oxygens (including phenoxy) is 2. The van der Waals surface area contributed by atoms with Crippen molar-refractivity contribution < 1.29 is 13.9 Å². The van der Waals surface area contributed by atoms with Gasteiger partial charge >= 0.3 is 6.01 Å². The molecular formula is C19H23N5O3. The maximum Gasteiger partial charge on any atom is 0.323 e. The van der Waals surface area contributed by atoms with Crippen LogP contribution in [0, 0.1) is 6.92 Å². The molecule has 0 bridgehead atoms. The predicted octanol–water partition coefficient (Wildman–Crippen LogP) is 3.40. The van der Waals surface area contributed by atoms with Crippen LogP contribution in [0.15, 0.2) is 40.8 Å². The number of hydrogen-bond donors (Lipinski definition) is 2. The standard InChI is InChI=1S/C19H23N5O3/c1-4-26-19-23-17(20-11-14-6-9-15(25-3)10-7-14)22-18(24-19)21-12-16-8-5-13(2)27-16/h5-10H,4,11-12H2,1-3H3,(H2,20,21,22,23,24). The summed E-state index contributed by atoms with van der Waals surface area (Å²) in [5, 5.41) is 6.33. The molecule has 0 aliphatic rings. The third-order valence-corrected chi connectivity index (χ3v) is 3.71. The second kappa shape index (κ2) is 8.88. The van der Waals surface area contributed by atoms with Gasteiger partial charge in [0.05, 0.1) is 20.3 Å². The average molecular weight is 369 g/mol. The molecule has 2 aromatic heterocycles. The van der Waals surface area contributed by atoms with Gasteiger partial charge in [-0.15, -0.1) is 0 Å². The van der Waals surface area contributed by atoms with E-state index in [9.17, 15) is 0 Å². The topological polar surface area (TPSA) is 94.3 Å². The predicted molar refractivity (Wildman–Crippen MR) is 102 cm³/mol. The summed E-state index contributed by atoms with van der Waals surface area (Å²) in [6.07, 6.45) is 0. The Balaban J connectivity index is 1.67. The Morgan fingerprint density at radius 1 is 0.926 bits per heavy atom. The van der Waals surface area contributed by atoms with Gasteiger partial charge in [-0.1, -0.05) is 12.1 Å². The van der Waals surface area contributed by atoms with Crippen molar-refractivity contribution in [2.24, 2.45) is 0 Å². The van der Waals surface area contributed by atoms with Crippen molar-refractivity contribution in [3.8, 4) is 11.8 Å². The highest BCUT2D eigenvalue weighted by molar-refractivity contribution is 5.37. The van der Waals surface area contributed by atoms with Crippen molar-refractivity contribution in [2.45, 2.75) is 26.9 Å². The number of aromatic nitrogens is 3. The molecule has 8 heteroatoms. The fourth-order valence-corrected chi connectivity index (χ4v) is 2.38. The molecule has 0 radical (unpaired) electrons. The SMILES string of the molecule is CCOc1nc(NCc2ccc(OC)cc2)nc(NCc2ccc(C)o2)n1. The molecule has 2 heterocycles. The molecule has 0 unspecified atom stereocenters. The molecule has 142 valence electrons. The molecule has 8 nitrogen and oxygen atoms in total. The number of furan rings is 1. The van der Waals surface area contributed by atoms with Crippen LogP contribution in [-0.4, -0.2) is 28.7 Å². The van der Waals surface area contributed by atoms with E-state index in [0.717, 1.165) is 22.8 Å². The smallest absolute Gasteiger partial charge is 0.323 e. The van der Waals surface area contributed by atoms with Crippen LogP contribution in [0.1, 0.15) is 24.0 Å². The summed E-state index contributed by atoms with van der Waals surface area (Å²) >= 11 is 0. The van der Waals surface area contributed by atoms with E-state index in [1.165, 1.54) is 0 Å². The summed E-state index contributed by atoms with van der Waals surface area (Å²) in [6, 6.07) is 11.9. The highest BCUT2D eigenvalue weighted by Gasteiger charge is 2.08. The summed E-state index contributed by atoms with van der Waals surface area (Å²) in [6.45, 7) is 5.30. The number of rotatable bonds is 9. The van der Waals surface area contributed by atoms with Crippen LogP contribution >= 0.6 is 0 Å². The zero-order valence-corrected chi connectivity index (χ0v) is 15.7. The number of nitrogens with one attached hydrogen (secondary N) is 2. The number of benzene rings is 1. The molecule has 3 rings (SSSR count). The lowest BCUT2D eigenvalue weighted by molar-refractivity contribution is 0.312. The van der Waals surface area contributed by atoms with Gasteiger partial charge in [0.15, 0.2) is 0 Å². The first kappa shape index (κ1) is 18.5. The van der Waals surface area contributed by atoms with Crippen molar-refractivity contribution in [1.82, 2.24) is 15.0 Å². The van der Waals surface area contributed by atoms with Gasteiger partial charge in [-0.25, -0.2) is 0 Å². The number of hydrogen-bond acceptors (Lipinski definition) is 8. The number of nitrogens with zero attached hydrogens (tertiary/aromatic N) is 3. The van der Waals surface area contributed by atoms with Gasteiger partial charge in [0, 0.05) is 6.54 Å². The molecule has 0 fully saturated rings. The van der Waals surface area contributed by atoms with Crippen molar-refractivity contribution in [3.05, 3.63) is 53.5 Å². The molecule has 2 N–H and O–H groups in total. The lowest BCUT2D eigenvalue weighted by atomic mass is 10.2. The first-order valence-corrected chi connectivity index (χ1v) is 8.71. The van der Waals surface area contributed by atoms with Gasteiger partial charge in [0.25, 0.3) is 0 Å². The first-order chi connectivity index (χ1) is 13.2. The maximum atomic E-state index is 5.55. The lowest BCUT2D eigenvalue weighted by Crippen LogP contribution is -2.11. The Hall–Kier alpha value is -3.29. The van der Waals surface area contributed by atoms with Crippen LogP contribution < -0.4 is 20.1 Å². The third kappa shape index (κ3) is 5.34. The molecule has 27 heavy (non-hydrogen) atoms. The van der Waals surface area contributed by atoms with E-state index in [4.69, 9.17) is 13.9 Å². The quantitative estimate of drug-likeness (QED) is 0.593. The average Bonchev–Trinajstić information content (AvgIpc) is 3.11. The van der Waals surface area contributed by atoms with E-state index in [1.807, 2.05) is 50.2 Å². The van der Waals surface area contributed by atoms with Crippen LogP contribution in [0.3, 0.4) is 0 Å². The van der Waals surface area contributed by atoms with Crippen molar-refractivity contribution in [2.75, 3.05) is 24.4 Å². The van der Waals surface area contributed by atoms with Crippen molar-refractivity contribution in [3.63, 3.8) is 0 Å². The van der Waals surface area contributed by atoms with Gasteiger partial charge < -0.3 is 24.5 Å². The minimum atomic E-state index is 0.267. The lowest BCUT2D eigenvalue weighted by Gasteiger charge is -2.10. The van der Waals surface area contributed by atoms with Gasteiger partial charge in [0.2, 0.25) is 11.9 Å². The summed E-state index contributed by atoms with van der Waals surface area (Å²) in [7, 11) is 1.64. The number of anilines is 2. The van der Waals surface area contributed by atoms with Crippen molar-refractivity contribution in [1.29, 1.82) is 0 Å². The van der Waals surface area contributed by atoms with Crippen LogP contribution in [-0.2, 0) is 13.1 Å². The van der Waals surface area contributed by atoms with E-state index in [0.29, 0.717) is 31.6 Å². The van der Waals surface area contributed by atoms with Crippen LogP contribution in [0.5, 0.6) is 11.8 Å². The highest BCUT2D eigenvalue weighted by Crippen LogP contribution is 2.16. The molecular weight excluding hydrogens is 346 g/mol. The maximum absolute atomic E-state index is 5.55. The first-order valence-electron chi connectivity index (χ1n) is 8.71. The van der Waals surface area contributed by atoms with Crippen LogP contribution in [0.4, 0.5) is 11.9 Å². The van der Waals surface area contributed by atoms with Gasteiger partial charge in [-0.3, -0.25) is 0 Å². The Morgan fingerprint density at radius 3 is 2.22 bits per heavy atom.